The molecule has 3 aromatic rings. The zero-order chi connectivity index (χ0) is 19.0. The topological polar surface area (TPSA) is 91.5 Å². The van der Waals surface area contributed by atoms with E-state index in [-0.39, 0.29) is 24.1 Å². The van der Waals surface area contributed by atoms with Gasteiger partial charge in [-0.1, -0.05) is 0 Å². The van der Waals surface area contributed by atoms with Crippen molar-refractivity contribution in [2.24, 2.45) is 0 Å². The Kier molecular flexibility index (Phi) is 4.27. The van der Waals surface area contributed by atoms with Crippen LogP contribution in [0.5, 0.6) is 0 Å². The summed E-state index contributed by atoms with van der Waals surface area (Å²) < 4.78 is 19.7. The normalized spacial score (nSPS) is 14.7. The molecule has 1 saturated heterocycles. The number of amides is 2. The van der Waals surface area contributed by atoms with Gasteiger partial charge in [-0.15, -0.1) is 0 Å². The molecular weight excluding hydrogens is 355 g/mol. The Morgan fingerprint density at radius 1 is 1.11 bits per heavy atom. The highest BCUT2D eigenvalue weighted by Gasteiger charge is 2.26. The molecule has 0 saturated carbocycles. The minimum Gasteiger partial charge on any atom is -0.459 e. The van der Waals surface area contributed by atoms with Crippen molar-refractivity contribution in [3.8, 4) is 0 Å². The van der Waals surface area contributed by atoms with Crippen LogP contribution in [0.25, 0.3) is 11.0 Å². The third-order valence-corrected chi connectivity index (χ3v) is 4.68. The minimum atomic E-state index is -0.462. The van der Waals surface area contributed by atoms with E-state index in [2.05, 4.69) is 4.98 Å². The van der Waals surface area contributed by atoms with Crippen LogP contribution in [0.1, 0.15) is 10.6 Å². The number of imidazole rings is 1. The molecular formula is C18H17FN4O4. The lowest BCUT2D eigenvalue weighted by Crippen LogP contribution is -2.51. The molecule has 0 atom stereocenters. The number of benzene rings is 1. The molecule has 8 nitrogen and oxygen atoms in total. The third kappa shape index (κ3) is 3.23. The second kappa shape index (κ2) is 6.75. The van der Waals surface area contributed by atoms with Crippen molar-refractivity contribution in [1.29, 1.82) is 0 Å². The van der Waals surface area contributed by atoms with Crippen LogP contribution >= 0.6 is 0 Å². The lowest BCUT2D eigenvalue weighted by molar-refractivity contribution is -0.133. The number of H-pyrrole nitrogens is 1. The number of carbonyl (C=O) groups excluding carboxylic acids is 2. The Balaban J connectivity index is 1.42. The maximum Gasteiger partial charge on any atom is 0.326 e. The van der Waals surface area contributed by atoms with Gasteiger partial charge in [0, 0.05) is 26.2 Å². The molecule has 1 aliphatic heterocycles. The van der Waals surface area contributed by atoms with Gasteiger partial charge in [-0.2, -0.15) is 0 Å². The zero-order valence-corrected chi connectivity index (χ0v) is 14.4. The van der Waals surface area contributed by atoms with Crippen LogP contribution in [-0.4, -0.2) is 57.3 Å². The quantitative estimate of drug-likeness (QED) is 0.744. The Bertz CT molecular complexity index is 1050. The van der Waals surface area contributed by atoms with Gasteiger partial charge in [0.2, 0.25) is 5.91 Å². The van der Waals surface area contributed by atoms with Crippen molar-refractivity contribution < 1.29 is 18.4 Å². The van der Waals surface area contributed by atoms with Gasteiger partial charge in [0.25, 0.3) is 5.91 Å². The van der Waals surface area contributed by atoms with Crippen LogP contribution in [0.15, 0.2) is 45.8 Å². The van der Waals surface area contributed by atoms with Crippen molar-refractivity contribution in [3.05, 3.63) is 58.7 Å². The molecule has 0 radical (unpaired) electrons. The molecule has 0 aliphatic carbocycles. The highest BCUT2D eigenvalue weighted by Crippen LogP contribution is 2.13. The Morgan fingerprint density at radius 3 is 2.56 bits per heavy atom. The first kappa shape index (κ1) is 17.1. The number of hydrogen-bond acceptors (Lipinski definition) is 4. The summed E-state index contributed by atoms with van der Waals surface area (Å²) in [4.78, 5) is 42.7. The predicted molar refractivity (Wildman–Crippen MR) is 93.7 cm³/mol. The average molecular weight is 372 g/mol. The summed E-state index contributed by atoms with van der Waals surface area (Å²) in [5.74, 6) is -0.624. The summed E-state index contributed by atoms with van der Waals surface area (Å²) in [6.07, 6.45) is 1.44. The molecule has 1 aliphatic rings. The van der Waals surface area contributed by atoms with E-state index in [0.717, 1.165) is 0 Å². The highest BCUT2D eigenvalue weighted by atomic mass is 19.1. The minimum absolute atomic E-state index is 0.142. The van der Waals surface area contributed by atoms with Gasteiger partial charge in [-0.05, 0) is 30.3 Å². The first-order valence-corrected chi connectivity index (χ1v) is 8.51. The van der Waals surface area contributed by atoms with E-state index in [0.29, 0.717) is 37.2 Å². The van der Waals surface area contributed by atoms with Crippen molar-refractivity contribution in [3.63, 3.8) is 0 Å². The molecule has 2 aromatic heterocycles. The van der Waals surface area contributed by atoms with Gasteiger partial charge in [0.15, 0.2) is 5.76 Å². The number of piperazine rings is 1. The average Bonchev–Trinajstić information content (AvgIpc) is 3.30. The molecule has 2 amide bonds. The number of halogens is 1. The molecule has 0 bridgehead atoms. The smallest absolute Gasteiger partial charge is 0.326 e. The van der Waals surface area contributed by atoms with E-state index in [1.54, 1.807) is 21.9 Å². The largest absolute Gasteiger partial charge is 0.459 e. The maximum atomic E-state index is 13.3. The highest BCUT2D eigenvalue weighted by molar-refractivity contribution is 5.91. The number of aromatic amines is 1. The van der Waals surface area contributed by atoms with E-state index >= 15 is 0 Å². The molecule has 9 heteroatoms. The molecule has 1 fully saturated rings. The molecule has 1 aromatic carbocycles. The second-order valence-electron chi connectivity index (χ2n) is 6.33. The molecule has 4 rings (SSSR count). The van der Waals surface area contributed by atoms with E-state index in [1.165, 1.54) is 29.0 Å². The van der Waals surface area contributed by atoms with Gasteiger partial charge in [-0.3, -0.25) is 14.2 Å². The summed E-state index contributed by atoms with van der Waals surface area (Å²) in [6.45, 7) is 1.38. The van der Waals surface area contributed by atoms with E-state index < -0.39 is 11.5 Å². The molecule has 1 N–H and O–H groups in total. The van der Waals surface area contributed by atoms with Gasteiger partial charge in [0.1, 0.15) is 12.4 Å². The Morgan fingerprint density at radius 2 is 1.85 bits per heavy atom. The molecule has 3 heterocycles. The lowest BCUT2D eigenvalue weighted by Gasteiger charge is -2.34. The van der Waals surface area contributed by atoms with Gasteiger partial charge in [0.05, 0.1) is 17.3 Å². The number of carbonyl (C=O) groups is 2. The first-order valence-electron chi connectivity index (χ1n) is 8.51. The molecule has 27 heavy (non-hydrogen) atoms. The van der Waals surface area contributed by atoms with Crippen LogP contribution in [0.4, 0.5) is 4.39 Å². The number of fused-ring (bicyclic) bond motifs is 1. The number of nitrogens with one attached hydrogen (secondary N) is 1. The summed E-state index contributed by atoms with van der Waals surface area (Å²) in [7, 11) is 0. The number of furan rings is 1. The van der Waals surface area contributed by atoms with Gasteiger partial charge < -0.3 is 19.2 Å². The monoisotopic (exact) mass is 372 g/mol. The van der Waals surface area contributed by atoms with Crippen molar-refractivity contribution in [2.45, 2.75) is 6.54 Å². The summed E-state index contributed by atoms with van der Waals surface area (Å²) in [5.41, 5.74) is 0.360. The first-order chi connectivity index (χ1) is 13.0. The number of nitrogens with zero attached hydrogens (tertiary/aromatic N) is 3. The van der Waals surface area contributed by atoms with Crippen LogP contribution in [0.2, 0.25) is 0 Å². The second-order valence-corrected chi connectivity index (χ2v) is 6.33. The molecule has 140 valence electrons. The predicted octanol–water partition coefficient (Wildman–Crippen LogP) is 1.05. The lowest BCUT2D eigenvalue weighted by atomic mass is 10.2. The Labute approximate surface area is 152 Å². The van der Waals surface area contributed by atoms with Crippen molar-refractivity contribution in [1.82, 2.24) is 19.4 Å². The van der Waals surface area contributed by atoms with Crippen LogP contribution in [0.3, 0.4) is 0 Å². The standard InChI is InChI=1S/C18H17FN4O4/c19-12-3-4-14-13(10-12)20-18(26)23(14)11-16(24)21-5-7-22(8-6-21)17(25)15-2-1-9-27-15/h1-4,9-10H,5-8,11H2,(H,20,26). The van der Waals surface area contributed by atoms with E-state index in [9.17, 15) is 18.8 Å². The van der Waals surface area contributed by atoms with E-state index in [4.69, 9.17) is 4.42 Å². The fraction of sp³-hybridized carbons (Fsp3) is 0.278. The van der Waals surface area contributed by atoms with E-state index in [1.807, 2.05) is 0 Å². The number of rotatable bonds is 3. The van der Waals surface area contributed by atoms with Crippen LogP contribution in [-0.2, 0) is 11.3 Å². The maximum absolute atomic E-state index is 13.3. The van der Waals surface area contributed by atoms with Gasteiger partial charge >= 0.3 is 5.69 Å². The summed E-state index contributed by atoms with van der Waals surface area (Å²) in [5, 5.41) is 0. The SMILES string of the molecule is O=C(Cn1c(=O)[nH]c2cc(F)ccc21)N1CCN(C(=O)c2ccco2)CC1. The summed E-state index contributed by atoms with van der Waals surface area (Å²) >= 11 is 0. The number of aromatic nitrogens is 2. The third-order valence-electron chi connectivity index (χ3n) is 4.68. The molecule has 0 spiro atoms. The zero-order valence-electron chi connectivity index (χ0n) is 14.4. The van der Waals surface area contributed by atoms with Gasteiger partial charge in [-0.25, -0.2) is 9.18 Å². The van der Waals surface area contributed by atoms with Crippen molar-refractivity contribution in [2.75, 3.05) is 26.2 Å². The molecule has 0 unspecified atom stereocenters. The fourth-order valence-electron chi connectivity index (χ4n) is 3.24. The van der Waals surface area contributed by atoms with Crippen LogP contribution in [0, 0.1) is 5.82 Å². The van der Waals surface area contributed by atoms with Crippen LogP contribution < -0.4 is 5.69 Å². The van der Waals surface area contributed by atoms with Crippen molar-refractivity contribution >= 4 is 22.8 Å². The summed E-state index contributed by atoms with van der Waals surface area (Å²) in [6, 6.07) is 7.19. The number of hydrogen-bond donors (Lipinski definition) is 1. The Hall–Kier alpha value is -3.36. The fourth-order valence-corrected chi connectivity index (χ4v) is 3.24.